The number of ketones is 1. The van der Waals surface area contributed by atoms with Gasteiger partial charge in [0.25, 0.3) is 0 Å². The van der Waals surface area contributed by atoms with E-state index in [1.165, 1.54) is 19.1 Å². The molecule has 0 aliphatic heterocycles. The topological polar surface area (TPSA) is 57.5 Å². The largest absolute Gasteiger partial charge is 0.507 e. The summed E-state index contributed by atoms with van der Waals surface area (Å²) in [6, 6.07) is 2.93. The minimum absolute atomic E-state index is 0.0121. The summed E-state index contributed by atoms with van der Waals surface area (Å²) in [4.78, 5) is 10.9. The molecule has 0 saturated heterocycles. The molecule has 1 aromatic rings. The van der Waals surface area contributed by atoms with E-state index in [0.29, 0.717) is 3.57 Å². The molecule has 0 radical (unpaired) electrons. The Morgan fingerprint density at radius 1 is 1.42 bits per heavy atom. The fourth-order valence-electron chi connectivity index (χ4n) is 0.902. The van der Waals surface area contributed by atoms with Crippen LogP contribution >= 0.6 is 22.6 Å². The summed E-state index contributed by atoms with van der Waals surface area (Å²) >= 11 is 1.89. The van der Waals surface area contributed by atoms with Crippen LogP contribution in [0.2, 0.25) is 0 Å². The van der Waals surface area contributed by atoms with Crippen molar-refractivity contribution in [2.75, 3.05) is 0 Å². The summed E-state index contributed by atoms with van der Waals surface area (Å²) < 4.78 is 0.551. The average Bonchev–Trinajstić information content (AvgIpc) is 1.97. The SMILES string of the molecule is CC(=O)c1c(O)ccc(I)c1O. The van der Waals surface area contributed by atoms with Crippen molar-refractivity contribution in [3.8, 4) is 11.5 Å². The molecular formula is C8H7IO3. The minimum atomic E-state index is -0.344. The molecule has 0 aliphatic carbocycles. The lowest BCUT2D eigenvalue weighted by atomic mass is 10.1. The van der Waals surface area contributed by atoms with E-state index in [2.05, 4.69) is 0 Å². The van der Waals surface area contributed by atoms with Crippen LogP contribution in [0.5, 0.6) is 11.5 Å². The number of phenols is 2. The number of phenolic OH excluding ortho intramolecular Hbond substituents is 2. The van der Waals surface area contributed by atoms with E-state index >= 15 is 0 Å². The smallest absolute Gasteiger partial charge is 0.167 e. The van der Waals surface area contributed by atoms with Crippen molar-refractivity contribution in [3.63, 3.8) is 0 Å². The number of carbonyl (C=O) groups is 1. The van der Waals surface area contributed by atoms with Crippen LogP contribution in [0.1, 0.15) is 17.3 Å². The number of hydrogen-bond donors (Lipinski definition) is 2. The van der Waals surface area contributed by atoms with E-state index < -0.39 is 0 Å². The van der Waals surface area contributed by atoms with Crippen molar-refractivity contribution >= 4 is 28.4 Å². The molecule has 0 fully saturated rings. The van der Waals surface area contributed by atoms with Crippen LogP contribution in [0.15, 0.2) is 12.1 Å². The van der Waals surface area contributed by atoms with E-state index in [1.54, 1.807) is 0 Å². The summed E-state index contributed by atoms with van der Waals surface area (Å²) in [5, 5.41) is 18.6. The van der Waals surface area contributed by atoms with Crippen LogP contribution in [-0.4, -0.2) is 16.0 Å². The summed E-state index contributed by atoms with van der Waals surface area (Å²) in [6.07, 6.45) is 0. The van der Waals surface area contributed by atoms with E-state index in [-0.39, 0.29) is 22.8 Å². The highest BCUT2D eigenvalue weighted by atomic mass is 127. The molecule has 0 bridgehead atoms. The van der Waals surface area contributed by atoms with Crippen molar-refractivity contribution in [2.45, 2.75) is 6.92 Å². The predicted molar refractivity (Wildman–Crippen MR) is 52.5 cm³/mol. The third-order valence-electron chi connectivity index (χ3n) is 1.46. The van der Waals surface area contributed by atoms with Crippen molar-refractivity contribution in [1.29, 1.82) is 0 Å². The van der Waals surface area contributed by atoms with Crippen LogP contribution in [0.25, 0.3) is 0 Å². The zero-order chi connectivity index (χ0) is 9.30. The van der Waals surface area contributed by atoms with Gasteiger partial charge in [0.1, 0.15) is 17.1 Å². The van der Waals surface area contributed by atoms with Crippen LogP contribution < -0.4 is 0 Å². The van der Waals surface area contributed by atoms with Gasteiger partial charge < -0.3 is 10.2 Å². The van der Waals surface area contributed by atoms with Crippen LogP contribution in [0.3, 0.4) is 0 Å². The molecule has 0 aliphatic rings. The fraction of sp³-hybridized carbons (Fsp3) is 0.125. The van der Waals surface area contributed by atoms with Gasteiger partial charge in [0.05, 0.1) is 3.57 Å². The van der Waals surface area contributed by atoms with Crippen LogP contribution in [-0.2, 0) is 0 Å². The lowest BCUT2D eigenvalue weighted by Crippen LogP contribution is -1.94. The van der Waals surface area contributed by atoms with Gasteiger partial charge in [0.15, 0.2) is 5.78 Å². The Balaban J connectivity index is 3.43. The Bertz CT molecular complexity index is 333. The van der Waals surface area contributed by atoms with Gasteiger partial charge in [0, 0.05) is 0 Å². The lowest BCUT2D eigenvalue weighted by molar-refractivity contribution is 0.101. The lowest BCUT2D eigenvalue weighted by Gasteiger charge is -2.04. The van der Waals surface area contributed by atoms with Gasteiger partial charge in [-0.3, -0.25) is 4.79 Å². The summed E-state index contributed by atoms with van der Waals surface area (Å²) in [5.41, 5.74) is -0.0121. The molecular weight excluding hydrogens is 271 g/mol. The first-order valence-electron chi connectivity index (χ1n) is 3.25. The van der Waals surface area contributed by atoms with Crippen LogP contribution in [0, 0.1) is 3.57 Å². The van der Waals surface area contributed by atoms with E-state index in [0.717, 1.165) is 0 Å². The van der Waals surface area contributed by atoms with Crippen LogP contribution in [0.4, 0.5) is 0 Å². The number of aromatic hydroxyl groups is 2. The van der Waals surface area contributed by atoms with Crippen molar-refractivity contribution in [2.24, 2.45) is 0 Å². The summed E-state index contributed by atoms with van der Waals surface area (Å²) in [6.45, 7) is 1.30. The molecule has 12 heavy (non-hydrogen) atoms. The third kappa shape index (κ3) is 1.52. The second kappa shape index (κ2) is 3.30. The molecule has 4 heteroatoms. The number of rotatable bonds is 1. The third-order valence-corrected chi connectivity index (χ3v) is 2.33. The van der Waals surface area contributed by atoms with Gasteiger partial charge in [-0.1, -0.05) is 0 Å². The Morgan fingerprint density at radius 3 is 2.42 bits per heavy atom. The summed E-state index contributed by atoms with van der Waals surface area (Å²) in [5.74, 6) is -0.674. The first-order valence-corrected chi connectivity index (χ1v) is 4.33. The minimum Gasteiger partial charge on any atom is -0.507 e. The van der Waals surface area contributed by atoms with E-state index in [9.17, 15) is 15.0 Å². The standard InChI is InChI=1S/C8H7IO3/c1-4(10)7-6(11)3-2-5(9)8(7)12/h2-3,11-12H,1H3. The highest BCUT2D eigenvalue weighted by Crippen LogP contribution is 2.31. The maximum Gasteiger partial charge on any atom is 0.167 e. The van der Waals surface area contributed by atoms with Crippen molar-refractivity contribution in [3.05, 3.63) is 21.3 Å². The van der Waals surface area contributed by atoms with Gasteiger partial charge >= 0.3 is 0 Å². The molecule has 3 nitrogen and oxygen atoms in total. The average molecular weight is 278 g/mol. The monoisotopic (exact) mass is 278 g/mol. The van der Waals surface area contributed by atoms with Gasteiger partial charge in [-0.2, -0.15) is 0 Å². The van der Waals surface area contributed by atoms with Gasteiger partial charge in [-0.25, -0.2) is 0 Å². The highest BCUT2D eigenvalue weighted by Gasteiger charge is 2.14. The molecule has 0 spiro atoms. The molecule has 0 saturated carbocycles. The number of hydrogen-bond acceptors (Lipinski definition) is 3. The maximum absolute atomic E-state index is 10.9. The molecule has 0 amide bonds. The molecule has 0 heterocycles. The molecule has 2 N–H and O–H groups in total. The molecule has 0 atom stereocenters. The Morgan fingerprint density at radius 2 is 2.00 bits per heavy atom. The number of carbonyl (C=O) groups excluding carboxylic acids is 1. The first kappa shape index (κ1) is 9.31. The first-order chi connectivity index (χ1) is 5.54. The zero-order valence-corrected chi connectivity index (χ0v) is 8.49. The molecule has 64 valence electrons. The maximum atomic E-state index is 10.9. The van der Waals surface area contributed by atoms with E-state index in [4.69, 9.17) is 0 Å². The van der Waals surface area contributed by atoms with Gasteiger partial charge in [0.2, 0.25) is 0 Å². The highest BCUT2D eigenvalue weighted by molar-refractivity contribution is 14.1. The van der Waals surface area contributed by atoms with E-state index in [1.807, 2.05) is 22.6 Å². The summed E-state index contributed by atoms with van der Waals surface area (Å²) in [7, 11) is 0. The second-order valence-corrected chi connectivity index (χ2v) is 3.51. The predicted octanol–water partition coefficient (Wildman–Crippen LogP) is 1.90. The number of Topliss-reactive ketones (excluding diaryl/α,β-unsaturated/α-hetero) is 1. The Labute approximate surface area is 83.2 Å². The number of benzene rings is 1. The molecule has 1 rings (SSSR count). The quantitative estimate of drug-likeness (QED) is 0.609. The number of halogens is 1. The zero-order valence-electron chi connectivity index (χ0n) is 6.34. The van der Waals surface area contributed by atoms with Crippen molar-refractivity contribution < 1.29 is 15.0 Å². The Hall–Kier alpha value is -0.780. The molecule has 0 aromatic heterocycles. The molecule has 1 aromatic carbocycles. The van der Waals surface area contributed by atoms with Gasteiger partial charge in [-0.15, -0.1) is 0 Å². The fourth-order valence-corrected chi connectivity index (χ4v) is 1.35. The van der Waals surface area contributed by atoms with Gasteiger partial charge in [-0.05, 0) is 41.6 Å². The Kier molecular flexibility index (Phi) is 2.56. The van der Waals surface area contributed by atoms with Crippen molar-refractivity contribution in [1.82, 2.24) is 0 Å². The second-order valence-electron chi connectivity index (χ2n) is 2.35. The molecule has 0 unspecified atom stereocenters. The normalized spacial score (nSPS) is 9.83.